The first-order valence-corrected chi connectivity index (χ1v) is 4.61. The first-order valence-electron chi connectivity index (χ1n) is 4.61. The minimum atomic E-state index is 0.785. The van der Waals surface area contributed by atoms with Crippen molar-refractivity contribution in [3.8, 4) is 0 Å². The van der Waals surface area contributed by atoms with Gasteiger partial charge in [-0.1, -0.05) is 38.5 Å². The maximum Gasteiger partial charge on any atom is -0.0197 e. The molecule has 0 saturated heterocycles. The zero-order valence-electron chi connectivity index (χ0n) is 7.88. The van der Waals surface area contributed by atoms with Crippen molar-refractivity contribution in [3.63, 3.8) is 0 Å². The van der Waals surface area contributed by atoms with Gasteiger partial charge in [0.15, 0.2) is 0 Å². The molecule has 1 rings (SSSR count). The topological polar surface area (TPSA) is 0 Å². The third kappa shape index (κ3) is 2.94. The molecule has 0 aromatic carbocycles. The Morgan fingerprint density at radius 3 is 3.00 bits per heavy atom. The highest BCUT2D eigenvalue weighted by atomic mass is 14.1. The number of hydrogen-bond donors (Lipinski definition) is 0. The lowest BCUT2D eigenvalue weighted by Crippen LogP contribution is -1.92. The SMILES string of the molecule is CCC(C)CC1=CC=C=CC=C1. The molecule has 0 nitrogen and oxygen atoms in total. The summed E-state index contributed by atoms with van der Waals surface area (Å²) in [6, 6.07) is 0. The van der Waals surface area contributed by atoms with Crippen molar-refractivity contribution in [2.24, 2.45) is 5.92 Å². The van der Waals surface area contributed by atoms with Crippen LogP contribution in [0.3, 0.4) is 0 Å². The fourth-order valence-electron chi connectivity index (χ4n) is 1.18. The Kier molecular flexibility index (Phi) is 3.63. The average Bonchev–Trinajstić information content (AvgIpc) is 2.33. The summed E-state index contributed by atoms with van der Waals surface area (Å²) in [5.74, 6) is 0.785. The normalized spacial score (nSPS) is 17.3. The third-order valence-corrected chi connectivity index (χ3v) is 2.18. The van der Waals surface area contributed by atoms with Crippen LogP contribution < -0.4 is 0 Å². The molecule has 1 aliphatic carbocycles. The van der Waals surface area contributed by atoms with Gasteiger partial charge in [0, 0.05) is 0 Å². The summed E-state index contributed by atoms with van der Waals surface area (Å²) in [6.45, 7) is 4.52. The van der Waals surface area contributed by atoms with Crippen LogP contribution in [0.25, 0.3) is 0 Å². The van der Waals surface area contributed by atoms with Crippen molar-refractivity contribution < 1.29 is 0 Å². The minimum Gasteiger partial charge on any atom is -0.121 e. The fourth-order valence-corrected chi connectivity index (χ4v) is 1.18. The molecule has 0 N–H and O–H groups in total. The molecule has 0 heteroatoms. The molecular weight excluding hydrogens is 144 g/mol. The van der Waals surface area contributed by atoms with Gasteiger partial charge in [-0.15, -0.1) is 5.73 Å². The van der Waals surface area contributed by atoms with Crippen molar-refractivity contribution >= 4 is 0 Å². The minimum absolute atomic E-state index is 0.785. The van der Waals surface area contributed by atoms with Crippen LogP contribution in [0.1, 0.15) is 26.7 Å². The largest absolute Gasteiger partial charge is 0.121 e. The molecule has 0 spiro atoms. The molecule has 64 valence electrons. The Balaban J connectivity index is 2.54. The maximum absolute atomic E-state index is 3.06. The molecular formula is C12H16. The van der Waals surface area contributed by atoms with Gasteiger partial charge in [0.05, 0.1) is 0 Å². The van der Waals surface area contributed by atoms with Crippen LogP contribution in [0.15, 0.2) is 41.7 Å². The highest BCUT2D eigenvalue weighted by Crippen LogP contribution is 2.16. The van der Waals surface area contributed by atoms with E-state index in [0.717, 1.165) is 5.92 Å². The van der Waals surface area contributed by atoms with Crippen molar-refractivity contribution in [1.82, 2.24) is 0 Å². The monoisotopic (exact) mass is 160 g/mol. The summed E-state index contributed by atoms with van der Waals surface area (Å²) in [7, 11) is 0. The van der Waals surface area contributed by atoms with Gasteiger partial charge in [-0.25, -0.2) is 0 Å². The summed E-state index contributed by atoms with van der Waals surface area (Å²) in [5.41, 5.74) is 4.46. The van der Waals surface area contributed by atoms with Crippen molar-refractivity contribution in [2.45, 2.75) is 26.7 Å². The van der Waals surface area contributed by atoms with E-state index in [2.05, 4.69) is 37.8 Å². The highest BCUT2D eigenvalue weighted by Gasteiger charge is 2.00. The zero-order chi connectivity index (χ0) is 8.81. The Labute approximate surface area is 75.0 Å². The van der Waals surface area contributed by atoms with Crippen LogP contribution in [0.5, 0.6) is 0 Å². The standard InChI is InChI=1S/C12H16/c1-3-11(2)10-12-8-6-4-5-7-9-12/h4,6-9,11H,3,10H2,1-2H3. The molecule has 0 fully saturated rings. The van der Waals surface area contributed by atoms with E-state index in [1.54, 1.807) is 0 Å². The maximum atomic E-state index is 3.06. The zero-order valence-corrected chi connectivity index (χ0v) is 7.88. The molecule has 0 aliphatic heterocycles. The van der Waals surface area contributed by atoms with Gasteiger partial charge in [-0.3, -0.25) is 0 Å². The molecule has 1 unspecified atom stereocenters. The van der Waals surface area contributed by atoms with Crippen LogP contribution in [-0.2, 0) is 0 Å². The summed E-state index contributed by atoms with van der Waals surface area (Å²) in [5, 5.41) is 0. The molecule has 0 amide bonds. The van der Waals surface area contributed by atoms with Crippen LogP contribution in [0.4, 0.5) is 0 Å². The molecule has 12 heavy (non-hydrogen) atoms. The number of allylic oxidation sites excluding steroid dienone is 5. The van der Waals surface area contributed by atoms with E-state index in [4.69, 9.17) is 0 Å². The molecule has 0 saturated carbocycles. The van der Waals surface area contributed by atoms with Crippen molar-refractivity contribution in [1.29, 1.82) is 0 Å². The quantitative estimate of drug-likeness (QED) is 0.553. The Bertz CT molecular complexity index is 247. The van der Waals surface area contributed by atoms with Crippen LogP contribution in [0, 0.1) is 5.92 Å². The van der Waals surface area contributed by atoms with E-state index in [-0.39, 0.29) is 0 Å². The third-order valence-electron chi connectivity index (χ3n) is 2.18. The summed E-state index contributed by atoms with van der Waals surface area (Å²) >= 11 is 0. The van der Waals surface area contributed by atoms with Crippen LogP contribution in [-0.4, -0.2) is 0 Å². The second kappa shape index (κ2) is 4.79. The van der Waals surface area contributed by atoms with Gasteiger partial charge in [-0.2, -0.15) is 0 Å². The van der Waals surface area contributed by atoms with E-state index in [0.29, 0.717) is 0 Å². The van der Waals surface area contributed by atoms with E-state index in [1.165, 1.54) is 18.4 Å². The lowest BCUT2D eigenvalue weighted by molar-refractivity contribution is 0.562. The second-order valence-corrected chi connectivity index (χ2v) is 3.32. The van der Waals surface area contributed by atoms with Crippen LogP contribution >= 0.6 is 0 Å². The second-order valence-electron chi connectivity index (χ2n) is 3.32. The van der Waals surface area contributed by atoms with Gasteiger partial charge >= 0.3 is 0 Å². The first-order chi connectivity index (χ1) is 5.83. The van der Waals surface area contributed by atoms with Crippen molar-refractivity contribution in [3.05, 3.63) is 41.7 Å². The molecule has 0 heterocycles. The lowest BCUT2D eigenvalue weighted by atomic mass is 9.98. The Morgan fingerprint density at radius 1 is 1.42 bits per heavy atom. The molecule has 1 atom stereocenters. The number of rotatable bonds is 3. The van der Waals surface area contributed by atoms with Gasteiger partial charge in [0.2, 0.25) is 0 Å². The van der Waals surface area contributed by atoms with Crippen molar-refractivity contribution in [2.75, 3.05) is 0 Å². The fraction of sp³-hybridized carbons (Fsp3) is 0.417. The summed E-state index contributed by atoms with van der Waals surface area (Å²) in [6.07, 6.45) is 12.7. The van der Waals surface area contributed by atoms with Gasteiger partial charge in [-0.05, 0) is 30.1 Å². The van der Waals surface area contributed by atoms with E-state index >= 15 is 0 Å². The predicted octanol–water partition coefficient (Wildman–Crippen LogP) is 3.63. The lowest BCUT2D eigenvalue weighted by Gasteiger charge is -2.07. The molecule has 1 aliphatic rings. The van der Waals surface area contributed by atoms with E-state index in [9.17, 15) is 0 Å². The summed E-state index contributed by atoms with van der Waals surface area (Å²) in [4.78, 5) is 0. The van der Waals surface area contributed by atoms with Gasteiger partial charge < -0.3 is 0 Å². The summed E-state index contributed by atoms with van der Waals surface area (Å²) < 4.78 is 0. The molecule has 0 aromatic heterocycles. The Morgan fingerprint density at radius 2 is 2.25 bits per heavy atom. The van der Waals surface area contributed by atoms with Crippen LogP contribution in [0.2, 0.25) is 0 Å². The molecule has 0 bridgehead atoms. The van der Waals surface area contributed by atoms with E-state index in [1.807, 2.05) is 12.2 Å². The number of hydrogen-bond acceptors (Lipinski definition) is 0. The highest BCUT2D eigenvalue weighted by molar-refractivity contribution is 5.29. The first kappa shape index (κ1) is 9.09. The van der Waals surface area contributed by atoms with Gasteiger partial charge in [0.1, 0.15) is 0 Å². The molecule has 0 aromatic rings. The molecule has 0 radical (unpaired) electrons. The predicted molar refractivity (Wildman–Crippen MR) is 53.9 cm³/mol. The average molecular weight is 160 g/mol. The van der Waals surface area contributed by atoms with Gasteiger partial charge in [0.25, 0.3) is 0 Å². The smallest absolute Gasteiger partial charge is 0.0197 e. The Hall–Kier alpha value is -1.00. The van der Waals surface area contributed by atoms with E-state index < -0.39 is 0 Å².